The number of anilines is 1. The van der Waals surface area contributed by atoms with Crippen LogP contribution in [-0.4, -0.2) is 23.4 Å². The normalized spacial score (nSPS) is 10.1. The first-order valence-electron chi connectivity index (χ1n) is 6.85. The summed E-state index contributed by atoms with van der Waals surface area (Å²) in [5.41, 5.74) is 0.0876. The fourth-order valence-electron chi connectivity index (χ4n) is 1.90. The number of halogens is 1. The number of nitro benzene ring substituents is 1. The zero-order valence-corrected chi connectivity index (χ0v) is 12.6. The predicted molar refractivity (Wildman–Crippen MR) is 83.1 cm³/mol. The van der Waals surface area contributed by atoms with Crippen molar-refractivity contribution < 1.29 is 23.6 Å². The molecule has 0 bridgehead atoms. The first-order valence-corrected chi connectivity index (χ1v) is 6.85. The fourth-order valence-corrected chi connectivity index (χ4v) is 1.90. The highest BCUT2D eigenvalue weighted by atomic mass is 19.1. The maximum Gasteiger partial charge on any atom is 0.338 e. The van der Waals surface area contributed by atoms with Gasteiger partial charge in [-0.2, -0.15) is 0 Å². The molecule has 2 aromatic carbocycles. The Kier molecular flexibility index (Phi) is 5.20. The quantitative estimate of drug-likeness (QED) is 0.516. The minimum Gasteiger partial charge on any atom is -0.452 e. The Hall–Kier alpha value is -3.29. The molecular weight excluding hydrogens is 319 g/mol. The number of aryl methyl sites for hydroxylation is 1. The van der Waals surface area contributed by atoms with Crippen molar-refractivity contribution in [1.82, 2.24) is 0 Å². The lowest BCUT2D eigenvalue weighted by Gasteiger charge is -2.07. The molecule has 0 aliphatic rings. The van der Waals surface area contributed by atoms with Crippen LogP contribution < -0.4 is 5.32 Å². The van der Waals surface area contributed by atoms with Crippen molar-refractivity contribution in [2.75, 3.05) is 11.9 Å². The van der Waals surface area contributed by atoms with Gasteiger partial charge in [0.1, 0.15) is 5.82 Å². The van der Waals surface area contributed by atoms with Crippen molar-refractivity contribution in [3.63, 3.8) is 0 Å². The molecule has 0 unspecified atom stereocenters. The third-order valence-corrected chi connectivity index (χ3v) is 3.12. The highest BCUT2D eigenvalue weighted by Crippen LogP contribution is 2.19. The molecule has 1 amide bonds. The zero-order chi connectivity index (χ0) is 17.7. The van der Waals surface area contributed by atoms with Gasteiger partial charge in [-0.05, 0) is 25.1 Å². The number of nitrogens with one attached hydrogen (secondary N) is 1. The summed E-state index contributed by atoms with van der Waals surface area (Å²) in [7, 11) is 0. The van der Waals surface area contributed by atoms with Gasteiger partial charge in [0.25, 0.3) is 11.6 Å². The second-order valence-corrected chi connectivity index (χ2v) is 4.86. The number of amides is 1. The number of esters is 1. The Morgan fingerprint density at radius 2 is 1.96 bits per heavy atom. The van der Waals surface area contributed by atoms with Crippen molar-refractivity contribution in [2.24, 2.45) is 0 Å². The summed E-state index contributed by atoms with van der Waals surface area (Å²) in [5.74, 6) is -2.23. The number of rotatable bonds is 5. The lowest BCUT2D eigenvalue weighted by molar-refractivity contribution is -0.385. The average Bonchev–Trinajstić information content (AvgIpc) is 2.55. The maximum atomic E-state index is 13.4. The molecule has 0 fully saturated rings. The van der Waals surface area contributed by atoms with Crippen LogP contribution in [0, 0.1) is 22.9 Å². The van der Waals surface area contributed by atoms with Crippen LogP contribution in [0.2, 0.25) is 0 Å². The summed E-state index contributed by atoms with van der Waals surface area (Å²) in [5, 5.41) is 13.1. The summed E-state index contributed by atoms with van der Waals surface area (Å²) >= 11 is 0. The molecule has 0 saturated heterocycles. The smallest absolute Gasteiger partial charge is 0.338 e. The van der Waals surface area contributed by atoms with E-state index in [1.807, 2.05) is 0 Å². The van der Waals surface area contributed by atoms with Crippen LogP contribution in [0.1, 0.15) is 15.9 Å². The van der Waals surface area contributed by atoms with E-state index in [4.69, 9.17) is 4.74 Å². The minimum absolute atomic E-state index is 0.0375. The topological polar surface area (TPSA) is 98.5 Å². The lowest BCUT2D eigenvalue weighted by Crippen LogP contribution is -2.21. The van der Waals surface area contributed by atoms with Crippen molar-refractivity contribution >= 4 is 23.3 Å². The second kappa shape index (κ2) is 7.32. The molecule has 0 aromatic heterocycles. The van der Waals surface area contributed by atoms with Gasteiger partial charge in [-0.25, -0.2) is 9.18 Å². The number of nitro groups is 1. The Morgan fingerprint density at radius 1 is 1.25 bits per heavy atom. The number of para-hydroxylation sites is 1. The predicted octanol–water partition coefficient (Wildman–Crippen LogP) is 2.84. The summed E-state index contributed by atoms with van der Waals surface area (Å²) in [6, 6.07) is 9.39. The van der Waals surface area contributed by atoms with Gasteiger partial charge in [0, 0.05) is 11.6 Å². The fraction of sp³-hybridized carbons (Fsp3) is 0.125. The summed E-state index contributed by atoms with van der Waals surface area (Å²) in [4.78, 5) is 33.8. The van der Waals surface area contributed by atoms with Gasteiger partial charge in [0.15, 0.2) is 6.61 Å². The molecule has 0 spiro atoms. The van der Waals surface area contributed by atoms with Crippen molar-refractivity contribution in [1.29, 1.82) is 0 Å². The van der Waals surface area contributed by atoms with E-state index in [0.717, 1.165) is 6.07 Å². The van der Waals surface area contributed by atoms with Crippen molar-refractivity contribution in [2.45, 2.75) is 6.92 Å². The van der Waals surface area contributed by atoms with Crippen LogP contribution in [0.4, 0.5) is 15.8 Å². The highest BCUT2D eigenvalue weighted by Gasteiger charge is 2.17. The molecule has 1 N–H and O–H groups in total. The van der Waals surface area contributed by atoms with Gasteiger partial charge in [-0.3, -0.25) is 14.9 Å². The number of hydrogen-bond acceptors (Lipinski definition) is 5. The largest absolute Gasteiger partial charge is 0.452 e. The van der Waals surface area contributed by atoms with Crippen LogP contribution >= 0.6 is 0 Å². The zero-order valence-electron chi connectivity index (χ0n) is 12.6. The van der Waals surface area contributed by atoms with Crippen molar-refractivity contribution in [3.05, 3.63) is 69.5 Å². The Bertz CT molecular complexity index is 807. The van der Waals surface area contributed by atoms with Gasteiger partial charge in [-0.15, -0.1) is 0 Å². The van der Waals surface area contributed by atoms with Gasteiger partial charge < -0.3 is 10.1 Å². The number of carbonyl (C=O) groups is 2. The van der Waals surface area contributed by atoms with Crippen LogP contribution in [0.3, 0.4) is 0 Å². The Morgan fingerprint density at radius 3 is 2.62 bits per heavy atom. The van der Waals surface area contributed by atoms with E-state index < -0.39 is 29.2 Å². The van der Waals surface area contributed by atoms with Crippen LogP contribution in [0.15, 0.2) is 42.5 Å². The molecule has 0 heterocycles. The highest BCUT2D eigenvalue weighted by molar-refractivity contribution is 5.95. The molecule has 0 aliphatic heterocycles. The molecule has 7 nitrogen and oxygen atoms in total. The number of carbonyl (C=O) groups excluding carboxylic acids is 2. The number of hydrogen-bond donors (Lipinski definition) is 1. The maximum absolute atomic E-state index is 13.4. The van der Waals surface area contributed by atoms with E-state index in [0.29, 0.717) is 5.56 Å². The van der Waals surface area contributed by atoms with Gasteiger partial charge >= 0.3 is 5.97 Å². The van der Waals surface area contributed by atoms with E-state index in [-0.39, 0.29) is 16.9 Å². The molecule has 0 atom stereocenters. The minimum atomic E-state index is -0.887. The number of ether oxygens (including phenoxy) is 1. The first kappa shape index (κ1) is 17.1. The molecule has 2 rings (SSSR count). The van der Waals surface area contributed by atoms with E-state index >= 15 is 0 Å². The van der Waals surface area contributed by atoms with Gasteiger partial charge in [0.2, 0.25) is 0 Å². The van der Waals surface area contributed by atoms with Crippen LogP contribution in [-0.2, 0) is 9.53 Å². The first-order chi connectivity index (χ1) is 11.4. The molecule has 2 aromatic rings. The Labute approximate surface area is 136 Å². The SMILES string of the molecule is Cc1ccc(C(=O)OCC(=O)Nc2ccccc2F)cc1[N+](=O)[O-]. The van der Waals surface area contributed by atoms with E-state index in [1.165, 1.54) is 43.3 Å². The summed E-state index contributed by atoms with van der Waals surface area (Å²) < 4.78 is 18.2. The van der Waals surface area contributed by atoms with Crippen molar-refractivity contribution in [3.8, 4) is 0 Å². The second-order valence-electron chi connectivity index (χ2n) is 4.86. The molecule has 0 radical (unpaired) electrons. The van der Waals surface area contributed by atoms with Crippen LogP contribution in [0.5, 0.6) is 0 Å². The van der Waals surface area contributed by atoms with Crippen LogP contribution in [0.25, 0.3) is 0 Å². The summed E-state index contributed by atoms with van der Waals surface area (Å²) in [6.07, 6.45) is 0. The molecule has 124 valence electrons. The molecular formula is C16H13FN2O5. The lowest BCUT2D eigenvalue weighted by atomic mass is 10.1. The summed E-state index contributed by atoms with van der Waals surface area (Å²) in [6.45, 7) is 0.893. The third kappa shape index (κ3) is 4.13. The standard InChI is InChI=1S/C16H13FN2O5/c1-10-6-7-11(8-14(10)19(22)23)16(21)24-9-15(20)18-13-5-3-2-4-12(13)17/h2-8H,9H2,1H3,(H,18,20). The van der Waals surface area contributed by atoms with Gasteiger partial charge in [-0.1, -0.05) is 18.2 Å². The number of benzene rings is 2. The van der Waals surface area contributed by atoms with Gasteiger partial charge in [0.05, 0.1) is 16.2 Å². The molecule has 8 heteroatoms. The third-order valence-electron chi connectivity index (χ3n) is 3.12. The van der Waals surface area contributed by atoms with E-state index in [2.05, 4.69) is 5.32 Å². The van der Waals surface area contributed by atoms with E-state index in [9.17, 15) is 24.1 Å². The number of nitrogens with zero attached hydrogens (tertiary/aromatic N) is 1. The average molecular weight is 332 g/mol. The monoisotopic (exact) mass is 332 g/mol. The molecule has 0 saturated carbocycles. The van der Waals surface area contributed by atoms with E-state index in [1.54, 1.807) is 0 Å². The molecule has 0 aliphatic carbocycles. The Balaban J connectivity index is 1.98. The molecule has 24 heavy (non-hydrogen) atoms.